The first kappa shape index (κ1) is 23.7. The molecule has 0 radical (unpaired) electrons. The number of nitrogens with one attached hydrogen (secondary N) is 3. The molecular weight excluding hydrogens is 441 g/mol. The van der Waals surface area contributed by atoms with Gasteiger partial charge in [-0.25, -0.2) is 9.37 Å². The van der Waals surface area contributed by atoms with E-state index in [1.165, 1.54) is 30.4 Å². The topological polar surface area (TPSA) is 127 Å². The second-order valence-electron chi connectivity index (χ2n) is 7.54. The number of carbonyl (C=O) groups excluding carboxylic acids is 3. The normalized spacial score (nSPS) is 18.1. The Morgan fingerprint density at radius 3 is 2.59 bits per heavy atom. The maximum atomic E-state index is 13.4. The minimum absolute atomic E-state index is 0.0182. The molecule has 0 aliphatic heterocycles. The molecule has 1 saturated carbocycles. The van der Waals surface area contributed by atoms with Crippen molar-refractivity contribution in [3.63, 3.8) is 0 Å². The summed E-state index contributed by atoms with van der Waals surface area (Å²) in [7, 11) is 1.45. The molecule has 11 heteroatoms. The van der Waals surface area contributed by atoms with E-state index < -0.39 is 17.6 Å². The van der Waals surface area contributed by atoms with Crippen molar-refractivity contribution in [3.05, 3.63) is 46.8 Å². The molecule has 9 nitrogen and oxygen atoms in total. The van der Waals surface area contributed by atoms with Crippen molar-refractivity contribution in [1.29, 1.82) is 0 Å². The monoisotopic (exact) mass is 465 g/mol. The first-order valence-corrected chi connectivity index (χ1v) is 10.7. The number of aromatic nitrogens is 2. The molecule has 1 aliphatic carbocycles. The highest BCUT2D eigenvalue weighted by molar-refractivity contribution is 6.33. The van der Waals surface area contributed by atoms with Crippen molar-refractivity contribution in [3.8, 4) is 0 Å². The van der Waals surface area contributed by atoms with Crippen molar-refractivity contribution in [2.45, 2.75) is 31.7 Å². The zero-order valence-electron chi connectivity index (χ0n) is 17.5. The summed E-state index contributed by atoms with van der Waals surface area (Å²) in [5, 5.41) is 14.8. The van der Waals surface area contributed by atoms with Crippen LogP contribution in [0.2, 0.25) is 5.02 Å². The molecule has 172 valence electrons. The Hall–Kier alpha value is -2.98. The van der Waals surface area contributed by atoms with Crippen LogP contribution in [0, 0.1) is 11.7 Å². The number of halogens is 2. The number of benzene rings is 1. The van der Waals surface area contributed by atoms with Gasteiger partial charge >= 0.3 is 0 Å². The summed E-state index contributed by atoms with van der Waals surface area (Å²) in [6.07, 6.45) is 3.46. The van der Waals surface area contributed by atoms with Crippen LogP contribution in [0.1, 0.15) is 46.7 Å². The number of H-pyrrole nitrogens is 1. The van der Waals surface area contributed by atoms with E-state index in [1.807, 2.05) is 0 Å². The molecule has 0 saturated heterocycles. The predicted octanol–water partition coefficient (Wildman–Crippen LogP) is 1.88. The van der Waals surface area contributed by atoms with E-state index >= 15 is 0 Å². The van der Waals surface area contributed by atoms with E-state index in [1.54, 1.807) is 0 Å². The zero-order valence-corrected chi connectivity index (χ0v) is 18.3. The number of aromatic amines is 1. The molecule has 1 fully saturated rings. The van der Waals surface area contributed by atoms with Gasteiger partial charge in [0.1, 0.15) is 11.5 Å². The average molecular weight is 466 g/mol. The summed E-state index contributed by atoms with van der Waals surface area (Å²) >= 11 is 6.12. The number of hydrogen-bond donors (Lipinski definition) is 4. The van der Waals surface area contributed by atoms with Crippen molar-refractivity contribution < 1.29 is 23.9 Å². The number of aliphatic hydroxyl groups excluding tert-OH is 1. The van der Waals surface area contributed by atoms with E-state index in [0.717, 1.165) is 6.07 Å². The lowest BCUT2D eigenvalue weighted by molar-refractivity contribution is -0.123. The summed E-state index contributed by atoms with van der Waals surface area (Å²) in [6, 6.07) is 3.61. The number of amides is 3. The Kier molecular flexibility index (Phi) is 7.81. The van der Waals surface area contributed by atoms with Gasteiger partial charge in [0.25, 0.3) is 11.8 Å². The van der Waals surface area contributed by atoms with Crippen molar-refractivity contribution in [2.75, 3.05) is 25.1 Å². The Balaban J connectivity index is 1.62. The number of imidazole rings is 1. The summed E-state index contributed by atoms with van der Waals surface area (Å²) in [4.78, 5) is 45.4. The van der Waals surface area contributed by atoms with Gasteiger partial charge < -0.3 is 25.6 Å². The molecule has 0 spiro atoms. The highest BCUT2D eigenvalue weighted by Gasteiger charge is 2.32. The molecule has 1 aliphatic rings. The lowest BCUT2D eigenvalue weighted by Crippen LogP contribution is -2.43. The van der Waals surface area contributed by atoms with E-state index in [-0.39, 0.29) is 47.4 Å². The molecule has 32 heavy (non-hydrogen) atoms. The van der Waals surface area contributed by atoms with Gasteiger partial charge in [-0.15, -0.1) is 0 Å². The molecular formula is C21H25ClFN5O4. The largest absolute Gasteiger partial charge is 0.395 e. The Morgan fingerprint density at radius 1 is 1.25 bits per heavy atom. The number of aliphatic hydroxyl groups is 1. The Bertz CT molecular complexity index is 990. The fourth-order valence-corrected chi connectivity index (χ4v) is 4.14. The fraction of sp³-hybridized carbons (Fsp3) is 0.429. The molecule has 0 bridgehead atoms. The van der Waals surface area contributed by atoms with Crippen LogP contribution >= 0.6 is 11.6 Å². The minimum atomic E-state index is -0.511. The van der Waals surface area contributed by atoms with Gasteiger partial charge in [-0.2, -0.15) is 0 Å². The van der Waals surface area contributed by atoms with Crippen LogP contribution in [0.4, 0.5) is 10.1 Å². The van der Waals surface area contributed by atoms with Gasteiger partial charge in [-0.1, -0.05) is 11.6 Å². The van der Waals surface area contributed by atoms with Crippen molar-refractivity contribution in [2.24, 2.45) is 5.92 Å². The van der Waals surface area contributed by atoms with Gasteiger partial charge in [-0.3, -0.25) is 14.4 Å². The summed E-state index contributed by atoms with van der Waals surface area (Å²) < 4.78 is 13.4. The van der Waals surface area contributed by atoms with E-state index in [4.69, 9.17) is 11.6 Å². The quantitative estimate of drug-likeness (QED) is 0.496. The lowest BCUT2D eigenvalue weighted by Gasteiger charge is -2.32. The number of hydrogen-bond acceptors (Lipinski definition) is 5. The fourth-order valence-electron chi connectivity index (χ4n) is 3.87. The van der Waals surface area contributed by atoms with Crippen LogP contribution in [0.3, 0.4) is 0 Å². The Labute approximate surface area is 189 Å². The molecule has 1 heterocycles. The van der Waals surface area contributed by atoms with Gasteiger partial charge in [0.2, 0.25) is 5.91 Å². The number of anilines is 1. The summed E-state index contributed by atoms with van der Waals surface area (Å²) in [6.45, 7) is -0.217. The maximum Gasteiger partial charge on any atom is 0.272 e. The molecule has 4 N–H and O–H groups in total. The molecule has 1 aromatic carbocycles. The smallest absolute Gasteiger partial charge is 0.272 e. The summed E-state index contributed by atoms with van der Waals surface area (Å²) in [5.74, 6) is -1.93. The second kappa shape index (κ2) is 10.6. The highest BCUT2D eigenvalue weighted by atomic mass is 35.5. The average Bonchev–Trinajstić information content (AvgIpc) is 3.28. The van der Waals surface area contributed by atoms with E-state index in [9.17, 15) is 23.9 Å². The molecule has 2 aromatic rings. The third kappa shape index (κ3) is 5.25. The zero-order chi connectivity index (χ0) is 23.3. The van der Waals surface area contributed by atoms with Crippen LogP contribution in [-0.2, 0) is 4.79 Å². The molecule has 3 rings (SSSR count). The van der Waals surface area contributed by atoms with Crippen molar-refractivity contribution >= 4 is 35.0 Å². The molecule has 1 aromatic heterocycles. The first-order valence-electron chi connectivity index (χ1n) is 10.3. The first-order chi connectivity index (χ1) is 15.3. The van der Waals surface area contributed by atoms with Crippen LogP contribution < -0.4 is 15.5 Å². The van der Waals surface area contributed by atoms with Gasteiger partial charge in [0.15, 0.2) is 5.69 Å². The SMILES string of the molecule is CNC(=O)c1nc[nH]c1C(=O)N[C@H]1CC[C@H](C(=O)N(CCO)c2ccc(F)cc2Cl)CC1. The van der Waals surface area contributed by atoms with E-state index in [2.05, 4.69) is 20.6 Å². The molecule has 3 amide bonds. The second-order valence-corrected chi connectivity index (χ2v) is 7.94. The van der Waals surface area contributed by atoms with Crippen LogP contribution in [-0.4, -0.2) is 59.0 Å². The summed E-state index contributed by atoms with van der Waals surface area (Å²) in [5.41, 5.74) is 0.454. The highest BCUT2D eigenvalue weighted by Crippen LogP contribution is 2.31. The van der Waals surface area contributed by atoms with Crippen LogP contribution in [0.5, 0.6) is 0 Å². The van der Waals surface area contributed by atoms with E-state index in [0.29, 0.717) is 31.4 Å². The lowest BCUT2D eigenvalue weighted by atomic mass is 9.85. The molecule has 0 atom stereocenters. The molecule has 0 unspecified atom stereocenters. The standard InChI is InChI=1S/C21H25ClFN5O4/c1-24-19(30)17-18(26-11-25-17)20(31)27-14-5-2-12(3-6-14)21(32)28(8-9-29)16-7-4-13(23)10-15(16)22/h4,7,10-12,14,29H,2-3,5-6,8-9H2,1H3,(H,24,30)(H,25,26)(H,27,31)/t12-,14-. The third-order valence-electron chi connectivity index (χ3n) is 5.51. The van der Waals surface area contributed by atoms with Crippen LogP contribution in [0.15, 0.2) is 24.5 Å². The Morgan fingerprint density at radius 2 is 1.97 bits per heavy atom. The van der Waals surface area contributed by atoms with Gasteiger partial charge in [0.05, 0.1) is 23.6 Å². The third-order valence-corrected chi connectivity index (χ3v) is 5.81. The predicted molar refractivity (Wildman–Crippen MR) is 116 cm³/mol. The minimum Gasteiger partial charge on any atom is -0.395 e. The number of nitrogens with zero attached hydrogens (tertiary/aromatic N) is 2. The number of rotatable bonds is 7. The maximum absolute atomic E-state index is 13.4. The van der Waals surface area contributed by atoms with Crippen molar-refractivity contribution in [1.82, 2.24) is 20.6 Å². The van der Waals surface area contributed by atoms with Crippen LogP contribution in [0.25, 0.3) is 0 Å². The van der Waals surface area contributed by atoms with Gasteiger partial charge in [-0.05, 0) is 43.9 Å². The van der Waals surface area contributed by atoms with Gasteiger partial charge in [0, 0.05) is 25.6 Å². The number of carbonyl (C=O) groups is 3.